The van der Waals surface area contributed by atoms with Crippen LogP contribution in [0.15, 0.2) is 91.6 Å². The molecule has 0 saturated heterocycles. The molecule has 1 atom stereocenters. The van der Waals surface area contributed by atoms with E-state index in [2.05, 4.69) is 61.9 Å². The number of para-hydroxylation sites is 1. The quantitative estimate of drug-likeness (QED) is 0.0166. The van der Waals surface area contributed by atoms with Crippen molar-refractivity contribution in [1.29, 1.82) is 0 Å². The molecule has 1 heterocycles. The molecule has 0 spiro atoms. The number of hydrogen-bond acceptors (Lipinski definition) is 20. The highest BCUT2D eigenvalue weighted by Crippen LogP contribution is 2.47. The molecule has 4 aromatic carbocycles. The number of aromatic hydroxyl groups is 1. The van der Waals surface area contributed by atoms with E-state index in [9.17, 15) is 40.9 Å². The maximum Gasteiger partial charge on any atom is 0.338 e. The third-order valence-corrected chi connectivity index (χ3v) is 9.28. The third-order valence-electron chi connectivity index (χ3n) is 6.94. The number of nitrogens with one attached hydrogen (secondary N) is 2. The van der Waals surface area contributed by atoms with Crippen molar-refractivity contribution in [2.45, 2.75) is 27.7 Å². The van der Waals surface area contributed by atoms with Gasteiger partial charge in [0, 0.05) is 5.39 Å². The van der Waals surface area contributed by atoms with Gasteiger partial charge in [0.25, 0.3) is 20.2 Å². The van der Waals surface area contributed by atoms with Crippen LogP contribution in [0.5, 0.6) is 17.5 Å². The van der Waals surface area contributed by atoms with Crippen LogP contribution in [-0.4, -0.2) is 80.2 Å². The number of aliphatic carboxylic acids is 1. The van der Waals surface area contributed by atoms with Gasteiger partial charge in [0.15, 0.2) is 11.8 Å². The summed E-state index contributed by atoms with van der Waals surface area (Å²) in [6.07, 6.45) is 0. The summed E-state index contributed by atoms with van der Waals surface area (Å²) in [6, 6.07) is 12.7. The molecular formula is C31H25N7O15S3. The Morgan fingerprint density at radius 1 is 0.946 bits per heavy atom. The van der Waals surface area contributed by atoms with Crippen LogP contribution in [0.4, 0.5) is 29.0 Å². The van der Waals surface area contributed by atoms with E-state index in [0.717, 1.165) is 24.3 Å². The number of phenols is 1. The number of azo groups is 1. The Morgan fingerprint density at radius 2 is 1.68 bits per heavy atom. The van der Waals surface area contributed by atoms with Gasteiger partial charge >= 0.3 is 12.0 Å². The van der Waals surface area contributed by atoms with Crippen molar-refractivity contribution in [2.24, 2.45) is 10.2 Å². The van der Waals surface area contributed by atoms with E-state index in [4.69, 9.17) is 15.3 Å². The van der Waals surface area contributed by atoms with Gasteiger partial charge in [0.05, 0.1) is 27.5 Å². The molecule has 5 aromatic rings. The van der Waals surface area contributed by atoms with E-state index in [1.54, 1.807) is 25.1 Å². The van der Waals surface area contributed by atoms with E-state index in [0.29, 0.717) is 5.56 Å². The Kier molecular flexibility index (Phi) is 12.9. The third kappa shape index (κ3) is 10.4. The number of benzene rings is 4. The molecular weight excluding hydrogens is 807 g/mol. The van der Waals surface area contributed by atoms with Crippen molar-refractivity contribution in [3.05, 3.63) is 72.3 Å². The molecule has 0 aliphatic heterocycles. The second-order valence-corrected chi connectivity index (χ2v) is 14.4. The van der Waals surface area contributed by atoms with Crippen molar-refractivity contribution >= 4 is 78.0 Å². The van der Waals surface area contributed by atoms with E-state index in [-0.39, 0.29) is 44.8 Å². The van der Waals surface area contributed by atoms with E-state index in [1.165, 1.54) is 24.3 Å². The highest BCUT2D eigenvalue weighted by atomic mass is 32.2. The zero-order valence-electron chi connectivity index (χ0n) is 28.0. The van der Waals surface area contributed by atoms with Gasteiger partial charge in [-0.3, -0.25) is 14.4 Å². The normalized spacial score (nSPS) is 12.2. The molecule has 1 aromatic heterocycles. The Labute approximate surface area is 319 Å². The molecule has 0 fully saturated rings. The molecule has 1 unspecified atom stereocenters. The van der Waals surface area contributed by atoms with E-state index in [1.807, 2.05) is 0 Å². The number of rotatable bonds is 15. The first-order valence-corrected chi connectivity index (χ1v) is 18.7. The highest BCUT2D eigenvalue weighted by Gasteiger charge is 2.24. The molecule has 0 bridgehead atoms. The minimum atomic E-state index is -4.97. The molecule has 56 heavy (non-hydrogen) atoms. The van der Waals surface area contributed by atoms with Gasteiger partial charge in [-0.15, -0.1) is 14.6 Å². The molecule has 0 radical (unpaired) electrons. The summed E-state index contributed by atoms with van der Waals surface area (Å²) < 4.78 is 79.0. The van der Waals surface area contributed by atoms with Crippen molar-refractivity contribution in [1.82, 2.24) is 15.0 Å². The molecule has 8 N–H and O–H groups in total. The summed E-state index contributed by atoms with van der Waals surface area (Å²) in [4.78, 5) is 26.6. The zero-order chi connectivity index (χ0) is 40.6. The first-order chi connectivity index (χ1) is 26.6. The number of nitrogens with zero attached hydrogens (tertiary/aromatic N) is 5. The molecule has 0 aliphatic carbocycles. The number of phenolic OH excluding ortho intramolecular Hbond substituents is 1. The Morgan fingerprint density at radius 3 is 2.34 bits per heavy atom. The number of carbonyl (C=O) groups is 1. The summed E-state index contributed by atoms with van der Waals surface area (Å²) in [5.74, 6) is 1.57. The van der Waals surface area contributed by atoms with Crippen LogP contribution in [0.2, 0.25) is 0 Å². The van der Waals surface area contributed by atoms with Gasteiger partial charge in [-0.25, -0.2) is 14.9 Å². The largest absolute Gasteiger partial charge is 0.505 e. The van der Waals surface area contributed by atoms with Crippen LogP contribution in [0.1, 0.15) is 5.56 Å². The molecule has 0 aliphatic rings. The highest BCUT2D eigenvalue weighted by molar-refractivity contribution is 7.94. The SMILES string of the molecule is Cc1ccc(N=Nc2c(SOOO)cc3cc(S(=O)(=O)O)cc(Nc4nc(NC(C#CCOO)C(=O)O)nc(Oc5ccccc5)n4)c3c2O)c(S(=O)(=O)O)c1. The van der Waals surface area contributed by atoms with Crippen LogP contribution < -0.4 is 15.4 Å². The lowest BCUT2D eigenvalue weighted by molar-refractivity contribution is -0.432. The number of fused-ring (bicyclic) bond motifs is 1. The molecule has 5 rings (SSSR count). The van der Waals surface area contributed by atoms with Gasteiger partial charge in [-0.2, -0.15) is 31.8 Å². The molecule has 25 heteroatoms. The molecule has 292 valence electrons. The zero-order valence-corrected chi connectivity index (χ0v) is 30.4. The molecule has 22 nitrogen and oxygen atoms in total. The minimum absolute atomic E-state index is 0.141. The van der Waals surface area contributed by atoms with Gasteiger partial charge in [-0.1, -0.05) is 41.1 Å². The van der Waals surface area contributed by atoms with Crippen molar-refractivity contribution in [3.8, 4) is 29.4 Å². The monoisotopic (exact) mass is 831 g/mol. The standard InChI is InChI=1S/C31H25N7O15S3/c1-16-9-10-20(24(12-16)56(47,48)49)37-38-26-23(54-53-52-43)14-17-13-19(55(44,45)46)15-22(25(17)27(26)39)33-30-34-29(32-21(28(40)41)8-5-11-50-42)35-31(36-30)51-18-6-3-2-4-7-18/h2-4,6-7,9-10,12-15,21,39,42-43H,11H2,1H3,(H,40,41)(H,44,45,46)(H,47,48,49)(H2,32,33,34,35,36). The average Bonchev–Trinajstić information content (AvgIpc) is 3.13. The lowest BCUT2D eigenvalue weighted by atomic mass is 10.1. The number of carboxylic acid groups (broad SMARTS) is 1. The predicted molar refractivity (Wildman–Crippen MR) is 192 cm³/mol. The van der Waals surface area contributed by atoms with Gasteiger partial charge in [0.1, 0.15) is 28.6 Å². The van der Waals surface area contributed by atoms with Gasteiger partial charge in [-0.05, 0) is 60.3 Å². The van der Waals surface area contributed by atoms with Crippen LogP contribution in [-0.2, 0) is 39.3 Å². The Bertz CT molecular complexity index is 2610. The van der Waals surface area contributed by atoms with Crippen LogP contribution in [0, 0.1) is 18.8 Å². The maximum atomic E-state index is 12.4. The van der Waals surface area contributed by atoms with Crippen molar-refractivity contribution in [3.63, 3.8) is 0 Å². The van der Waals surface area contributed by atoms with E-state index < -0.39 is 78.0 Å². The topological polar surface area (TPSA) is 331 Å². The summed E-state index contributed by atoms with van der Waals surface area (Å²) in [7, 11) is -9.78. The Balaban J connectivity index is 1.72. The fourth-order valence-electron chi connectivity index (χ4n) is 4.64. The summed E-state index contributed by atoms with van der Waals surface area (Å²) >= 11 is 0.242. The first-order valence-electron chi connectivity index (χ1n) is 15.0. The number of anilines is 3. The number of ether oxygens (including phenoxy) is 1. The summed E-state index contributed by atoms with van der Waals surface area (Å²) in [6.45, 7) is 1.02. The molecule has 0 saturated carbocycles. The van der Waals surface area contributed by atoms with Crippen LogP contribution >= 0.6 is 12.0 Å². The summed E-state index contributed by atoms with van der Waals surface area (Å²) in [5.41, 5.74) is -0.745. The summed E-state index contributed by atoms with van der Waals surface area (Å²) in [5, 5.41) is 55.0. The van der Waals surface area contributed by atoms with Gasteiger partial charge in [0.2, 0.25) is 11.9 Å². The second-order valence-electron chi connectivity index (χ2n) is 10.8. The van der Waals surface area contributed by atoms with Crippen LogP contribution in [0.25, 0.3) is 10.8 Å². The fraction of sp³-hybridized carbons (Fsp3) is 0.0968. The van der Waals surface area contributed by atoms with Crippen molar-refractivity contribution < 1.29 is 70.5 Å². The van der Waals surface area contributed by atoms with Crippen molar-refractivity contribution in [2.75, 3.05) is 17.2 Å². The molecule has 0 amide bonds. The lowest BCUT2D eigenvalue weighted by Crippen LogP contribution is -2.29. The first kappa shape index (κ1) is 41.1. The number of hydrogen-bond donors (Lipinski definition) is 8. The Hall–Kier alpha value is -6.05. The predicted octanol–water partition coefficient (Wildman–Crippen LogP) is 5.27. The number of aryl methyl sites for hydroxylation is 1. The number of carboxylic acids is 1. The second kappa shape index (κ2) is 17.6. The van der Waals surface area contributed by atoms with Crippen LogP contribution in [0.3, 0.4) is 0 Å². The van der Waals surface area contributed by atoms with E-state index >= 15 is 0 Å². The minimum Gasteiger partial charge on any atom is -0.505 e. The smallest absolute Gasteiger partial charge is 0.338 e. The van der Waals surface area contributed by atoms with Gasteiger partial charge < -0.3 is 25.6 Å². The average molecular weight is 832 g/mol. The lowest BCUT2D eigenvalue weighted by Gasteiger charge is -2.16. The fourth-order valence-corrected chi connectivity index (χ4v) is 6.38. The maximum absolute atomic E-state index is 12.4. The number of aromatic nitrogens is 3.